The van der Waals surface area contributed by atoms with E-state index >= 15 is 0 Å². The molecule has 0 atom stereocenters. The third kappa shape index (κ3) is 4.70. The van der Waals surface area contributed by atoms with Crippen LogP contribution in [-0.2, 0) is 13.3 Å². The van der Waals surface area contributed by atoms with Crippen molar-refractivity contribution in [1.29, 1.82) is 0 Å². The SMILES string of the molecule is Cc1ccccc1[Si](OC(C)C)(OC(C)C)OC(C)C. The Bertz CT molecular complexity index is 389. The van der Waals surface area contributed by atoms with E-state index in [2.05, 4.69) is 19.1 Å². The molecule has 0 bridgehead atoms. The first kappa shape index (κ1) is 17.4. The van der Waals surface area contributed by atoms with Crippen LogP contribution in [0.1, 0.15) is 47.1 Å². The summed E-state index contributed by atoms with van der Waals surface area (Å²) in [4.78, 5) is 0. The van der Waals surface area contributed by atoms with Crippen molar-refractivity contribution in [3.8, 4) is 0 Å². The summed E-state index contributed by atoms with van der Waals surface area (Å²) >= 11 is 0. The molecular formula is C16H28O3Si. The lowest BCUT2D eigenvalue weighted by molar-refractivity contribution is 0.0153. The van der Waals surface area contributed by atoms with Crippen LogP contribution >= 0.6 is 0 Å². The third-order valence-corrected chi connectivity index (χ3v) is 6.21. The lowest BCUT2D eigenvalue weighted by atomic mass is 10.2. The van der Waals surface area contributed by atoms with Crippen molar-refractivity contribution in [3.63, 3.8) is 0 Å². The summed E-state index contributed by atoms with van der Waals surface area (Å²) in [6.07, 6.45) is 0.163. The van der Waals surface area contributed by atoms with Crippen LogP contribution in [0.3, 0.4) is 0 Å². The normalized spacial score (nSPS) is 12.7. The first-order valence-electron chi connectivity index (χ1n) is 7.36. The van der Waals surface area contributed by atoms with Crippen molar-refractivity contribution in [2.24, 2.45) is 0 Å². The highest BCUT2D eigenvalue weighted by Gasteiger charge is 2.47. The van der Waals surface area contributed by atoms with E-state index in [0.29, 0.717) is 0 Å². The fourth-order valence-corrected chi connectivity index (χ4v) is 5.40. The van der Waals surface area contributed by atoms with Crippen LogP contribution in [0.4, 0.5) is 0 Å². The minimum absolute atomic E-state index is 0.0544. The molecule has 0 unspecified atom stereocenters. The van der Waals surface area contributed by atoms with Crippen LogP contribution in [0.5, 0.6) is 0 Å². The average Bonchev–Trinajstić information content (AvgIpc) is 2.26. The molecule has 114 valence electrons. The fraction of sp³-hybridized carbons (Fsp3) is 0.625. The van der Waals surface area contributed by atoms with E-state index in [1.165, 1.54) is 0 Å². The van der Waals surface area contributed by atoms with Crippen LogP contribution in [0.25, 0.3) is 0 Å². The van der Waals surface area contributed by atoms with Crippen molar-refractivity contribution in [2.45, 2.75) is 66.8 Å². The van der Waals surface area contributed by atoms with Crippen LogP contribution in [0.15, 0.2) is 24.3 Å². The van der Waals surface area contributed by atoms with Gasteiger partial charge in [-0.15, -0.1) is 0 Å². The van der Waals surface area contributed by atoms with Gasteiger partial charge >= 0.3 is 8.80 Å². The molecule has 0 aliphatic rings. The molecule has 4 heteroatoms. The summed E-state index contributed by atoms with van der Waals surface area (Å²) in [5, 5.41) is 1.07. The first-order valence-corrected chi connectivity index (χ1v) is 9.09. The summed E-state index contributed by atoms with van der Waals surface area (Å²) in [6, 6.07) is 8.18. The van der Waals surface area contributed by atoms with Crippen LogP contribution in [-0.4, -0.2) is 27.1 Å². The van der Waals surface area contributed by atoms with Gasteiger partial charge in [0.15, 0.2) is 0 Å². The topological polar surface area (TPSA) is 27.7 Å². The molecule has 0 radical (unpaired) electrons. The largest absolute Gasteiger partial charge is 0.538 e. The number of hydrogen-bond acceptors (Lipinski definition) is 3. The average molecular weight is 296 g/mol. The molecule has 0 spiro atoms. The summed E-state index contributed by atoms with van der Waals surface area (Å²) in [7, 11) is -2.91. The molecule has 3 nitrogen and oxygen atoms in total. The van der Waals surface area contributed by atoms with E-state index in [4.69, 9.17) is 13.3 Å². The number of hydrogen-bond donors (Lipinski definition) is 0. The molecule has 0 fully saturated rings. The van der Waals surface area contributed by atoms with Crippen molar-refractivity contribution in [3.05, 3.63) is 29.8 Å². The monoisotopic (exact) mass is 296 g/mol. The second kappa shape index (κ2) is 7.36. The minimum Gasteiger partial charge on any atom is -0.367 e. The van der Waals surface area contributed by atoms with Crippen molar-refractivity contribution >= 4 is 14.0 Å². The van der Waals surface area contributed by atoms with Gasteiger partial charge in [-0.25, -0.2) is 0 Å². The Hall–Kier alpha value is -0.683. The van der Waals surface area contributed by atoms with Gasteiger partial charge in [0, 0.05) is 23.5 Å². The molecule has 0 aliphatic heterocycles. The molecule has 0 amide bonds. The summed E-state index contributed by atoms with van der Waals surface area (Å²) in [5.74, 6) is 0. The number of rotatable bonds is 7. The zero-order valence-corrected chi connectivity index (χ0v) is 14.8. The van der Waals surface area contributed by atoms with Crippen LogP contribution < -0.4 is 5.19 Å². The molecule has 1 aromatic rings. The van der Waals surface area contributed by atoms with E-state index in [1.807, 2.05) is 53.7 Å². The third-order valence-electron chi connectivity index (χ3n) is 2.65. The molecular weight excluding hydrogens is 268 g/mol. The number of aryl methyl sites for hydroxylation is 1. The van der Waals surface area contributed by atoms with Gasteiger partial charge in [0.05, 0.1) is 0 Å². The van der Waals surface area contributed by atoms with E-state index in [9.17, 15) is 0 Å². The highest BCUT2D eigenvalue weighted by molar-refractivity contribution is 6.76. The summed E-state index contributed by atoms with van der Waals surface area (Å²) in [5.41, 5.74) is 1.15. The highest BCUT2D eigenvalue weighted by atomic mass is 28.4. The Kier molecular flexibility index (Phi) is 6.39. The van der Waals surface area contributed by atoms with E-state index in [0.717, 1.165) is 10.8 Å². The fourth-order valence-electron chi connectivity index (χ4n) is 2.12. The van der Waals surface area contributed by atoms with Crippen LogP contribution in [0, 0.1) is 6.92 Å². The molecule has 0 N–H and O–H groups in total. The van der Waals surface area contributed by atoms with E-state index < -0.39 is 8.80 Å². The molecule has 1 aromatic carbocycles. The van der Waals surface area contributed by atoms with Gasteiger partial charge in [0.25, 0.3) is 0 Å². The Balaban J connectivity index is 3.30. The predicted molar refractivity (Wildman–Crippen MR) is 85.2 cm³/mol. The van der Waals surface area contributed by atoms with E-state index in [-0.39, 0.29) is 18.3 Å². The predicted octanol–water partition coefficient (Wildman–Crippen LogP) is 3.42. The maximum atomic E-state index is 6.22. The zero-order valence-electron chi connectivity index (χ0n) is 13.8. The van der Waals surface area contributed by atoms with Crippen LogP contribution in [0.2, 0.25) is 0 Å². The maximum absolute atomic E-state index is 6.22. The lowest BCUT2D eigenvalue weighted by Crippen LogP contribution is -2.60. The van der Waals surface area contributed by atoms with Gasteiger partial charge < -0.3 is 13.3 Å². The minimum atomic E-state index is -2.91. The molecule has 0 saturated carbocycles. The molecule has 0 saturated heterocycles. The summed E-state index contributed by atoms with van der Waals surface area (Å²) < 4.78 is 18.7. The van der Waals surface area contributed by atoms with Gasteiger partial charge in [-0.2, -0.15) is 0 Å². The molecule has 0 aliphatic carbocycles. The van der Waals surface area contributed by atoms with Gasteiger partial charge in [-0.3, -0.25) is 0 Å². The lowest BCUT2D eigenvalue weighted by Gasteiger charge is -2.35. The van der Waals surface area contributed by atoms with Crippen molar-refractivity contribution in [1.82, 2.24) is 0 Å². The van der Waals surface area contributed by atoms with Gasteiger partial charge in [0.1, 0.15) is 0 Å². The molecule has 20 heavy (non-hydrogen) atoms. The first-order chi connectivity index (χ1) is 9.27. The van der Waals surface area contributed by atoms with Gasteiger partial charge in [-0.05, 0) is 54.0 Å². The Labute approximate surface area is 124 Å². The molecule has 0 heterocycles. The highest BCUT2D eigenvalue weighted by Crippen LogP contribution is 2.19. The smallest absolute Gasteiger partial charge is 0.367 e. The molecule has 1 rings (SSSR count). The van der Waals surface area contributed by atoms with Gasteiger partial charge in [0.2, 0.25) is 0 Å². The Morgan fingerprint density at radius 2 is 1.15 bits per heavy atom. The summed E-state index contributed by atoms with van der Waals surface area (Å²) in [6.45, 7) is 14.2. The quantitative estimate of drug-likeness (QED) is 0.722. The van der Waals surface area contributed by atoms with Crippen molar-refractivity contribution in [2.75, 3.05) is 0 Å². The second-order valence-corrected chi connectivity index (χ2v) is 8.23. The maximum Gasteiger partial charge on any atom is 0.538 e. The second-order valence-electron chi connectivity index (χ2n) is 5.87. The van der Waals surface area contributed by atoms with Gasteiger partial charge in [-0.1, -0.05) is 24.3 Å². The zero-order chi connectivity index (χ0) is 15.3. The Morgan fingerprint density at radius 1 is 0.750 bits per heavy atom. The van der Waals surface area contributed by atoms with Crippen molar-refractivity contribution < 1.29 is 13.3 Å². The van der Waals surface area contributed by atoms with E-state index in [1.54, 1.807) is 0 Å². The standard InChI is InChI=1S/C16H28O3Si/c1-12(2)17-20(18-13(3)4,19-14(5)6)16-11-9-8-10-15(16)7/h8-14H,1-7H3. The number of benzene rings is 1. The molecule has 0 aromatic heterocycles. The Morgan fingerprint density at radius 3 is 1.50 bits per heavy atom.